The number of rotatable bonds is 5. The minimum Gasteiger partial charge on any atom is -0.388 e. The first kappa shape index (κ1) is 13.8. The van der Waals surface area contributed by atoms with Gasteiger partial charge in [-0.05, 0) is 25.8 Å². The quantitative estimate of drug-likeness (QED) is 0.787. The van der Waals surface area contributed by atoms with Crippen molar-refractivity contribution in [1.82, 2.24) is 9.97 Å². The van der Waals surface area contributed by atoms with E-state index in [1.54, 1.807) is 6.07 Å². The Balaban J connectivity index is 2.87. The van der Waals surface area contributed by atoms with Crippen LogP contribution in [0.15, 0.2) is 6.07 Å². The second-order valence-electron chi connectivity index (χ2n) is 4.40. The molecule has 1 aromatic heterocycles. The van der Waals surface area contributed by atoms with Crippen LogP contribution >= 0.6 is 12.2 Å². The van der Waals surface area contributed by atoms with Crippen LogP contribution in [0.4, 0.5) is 5.95 Å². The molecule has 5 heteroatoms. The largest absolute Gasteiger partial charge is 0.388 e. The molecule has 0 amide bonds. The standard InChI is InChI=1S/C12H20N4S/c1-5-7(2)9(4)15-12-14-8(3)6-10(16-12)11(13)17/h6-7,9H,5H2,1-4H3,(H2,13,17)(H,14,15,16). The Morgan fingerprint density at radius 1 is 1.47 bits per heavy atom. The van der Waals surface area contributed by atoms with Gasteiger partial charge in [0.2, 0.25) is 5.95 Å². The Hall–Kier alpha value is -1.23. The van der Waals surface area contributed by atoms with Crippen LogP contribution in [0, 0.1) is 12.8 Å². The molecule has 1 aromatic rings. The molecule has 0 aromatic carbocycles. The van der Waals surface area contributed by atoms with Crippen LogP contribution in [-0.2, 0) is 0 Å². The van der Waals surface area contributed by atoms with Crippen LogP contribution in [-0.4, -0.2) is 21.0 Å². The summed E-state index contributed by atoms with van der Waals surface area (Å²) in [6.45, 7) is 8.39. The van der Waals surface area contributed by atoms with Crippen molar-refractivity contribution in [3.63, 3.8) is 0 Å². The smallest absolute Gasteiger partial charge is 0.223 e. The van der Waals surface area contributed by atoms with Crippen molar-refractivity contribution in [2.45, 2.75) is 40.2 Å². The summed E-state index contributed by atoms with van der Waals surface area (Å²) in [6.07, 6.45) is 1.11. The minimum absolute atomic E-state index is 0.301. The Bertz CT molecular complexity index is 405. The van der Waals surface area contributed by atoms with Crippen LogP contribution in [0.2, 0.25) is 0 Å². The van der Waals surface area contributed by atoms with E-state index in [-0.39, 0.29) is 0 Å². The fourth-order valence-electron chi connectivity index (χ4n) is 1.46. The summed E-state index contributed by atoms with van der Waals surface area (Å²) in [6, 6.07) is 2.11. The molecular formula is C12H20N4S. The first-order valence-electron chi connectivity index (χ1n) is 5.86. The third-order valence-corrected chi connectivity index (χ3v) is 3.17. The zero-order valence-electron chi connectivity index (χ0n) is 10.8. The van der Waals surface area contributed by atoms with Crippen molar-refractivity contribution in [1.29, 1.82) is 0 Å². The molecule has 0 fully saturated rings. The van der Waals surface area contributed by atoms with E-state index in [1.807, 2.05) is 6.92 Å². The monoisotopic (exact) mass is 252 g/mol. The lowest BCUT2D eigenvalue weighted by Crippen LogP contribution is -2.25. The maximum atomic E-state index is 5.58. The average molecular weight is 252 g/mol. The lowest BCUT2D eigenvalue weighted by atomic mass is 10.0. The van der Waals surface area contributed by atoms with Gasteiger partial charge in [0.1, 0.15) is 10.7 Å². The van der Waals surface area contributed by atoms with Gasteiger partial charge in [0.05, 0.1) is 0 Å². The number of hydrogen-bond donors (Lipinski definition) is 2. The van der Waals surface area contributed by atoms with Gasteiger partial charge in [0.15, 0.2) is 0 Å². The van der Waals surface area contributed by atoms with E-state index in [4.69, 9.17) is 18.0 Å². The highest BCUT2D eigenvalue weighted by molar-refractivity contribution is 7.80. The van der Waals surface area contributed by atoms with Crippen molar-refractivity contribution in [2.24, 2.45) is 11.7 Å². The van der Waals surface area contributed by atoms with Gasteiger partial charge in [-0.3, -0.25) is 0 Å². The molecule has 17 heavy (non-hydrogen) atoms. The van der Waals surface area contributed by atoms with E-state index >= 15 is 0 Å². The predicted molar refractivity (Wildman–Crippen MR) is 75.2 cm³/mol. The molecule has 0 radical (unpaired) electrons. The molecule has 0 spiro atoms. The molecule has 0 saturated carbocycles. The van der Waals surface area contributed by atoms with Gasteiger partial charge < -0.3 is 11.1 Å². The summed E-state index contributed by atoms with van der Waals surface area (Å²) in [7, 11) is 0. The SMILES string of the molecule is CCC(C)C(C)Nc1nc(C)cc(C(N)=S)n1. The molecule has 1 heterocycles. The van der Waals surface area contributed by atoms with Gasteiger partial charge in [-0.1, -0.05) is 32.5 Å². The van der Waals surface area contributed by atoms with E-state index in [9.17, 15) is 0 Å². The number of aryl methyl sites for hydroxylation is 1. The number of anilines is 1. The van der Waals surface area contributed by atoms with Gasteiger partial charge in [0, 0.05) is 11.7 Å². The second-order valence-corrected chi connectivity index (χ2v) is 4.84. The van der Waals surface area contributed by atoms with Crippen LogP contribution < -0.4 is 11.1 Å². The Kier molecular flexibility index (Phi) is 4.81. The lowest BCUT2D eigenvalue weighted by molar-refractivity contribution is 0.492. The van der Waals surface area contributed by atoms with Gasteiger partial charge >= 0.3 is 0 Å². The zero-order chi connectivity index (χ0) is 13.0. The van der Waals surface area contributed by atoms with E-state index < -0.39 is 0 Å². The van der Waals surface area contributed by atoms with Gasteiger partial charge in [-0.2, -0.15) is 0 Å². The summed E-state index contributed by atoms with van der Waals surface area (Å²) >= 11 is 4.93. The number of nitrogens with one attached hydrogen (secondary N) is 1. The Morgan fingerprint density at radius 2 is 2.12 bits per heavy atom. The molecule has 2 unspecified atom stereocenters. The highest BCUT2D eigenvalue weighted by Gasteiger charge is 2.12. The van der Waals surface area contributed by atoms with Crippen LogP contribution in [0.3, 0.4) is 0 Å². The molecule has 0 aliphatic rings. The molecule has 4 nitrogen and oxygen atoms in total. The van der Waals surface area contributed by atoms with E-state index in [0.717, 1.165) is 12.1 Å². The number of aromatic nitrogens is 2. The normalized spacial score (nSPS) is 14.1. The highest BCUT2D eigenvalue weighted by Crippen LogP contribution is 2.12. The third kappa shape index (κ3) is 3.93. The average Bonchev–Trinajstić information content (AvgIpc) is 2.26. The van der Waals surface area contributed by atoms with Gasteiger partial charge in [0.25, 0.3) is 0 Å². The summed E-state index contributed by atoms with van der Waals surface area (Å²) in [5.41, 5.74) is 7.06. The maximum Gasteiger partial charge on any atom is 0.223 e. The summed E-state index contributed by atoms with van der Waals surface area (Å²) in [5.74, 6) is 1.16. The van der Waals surface area contributed by atoms with E-state index in [1.165, 1.54) is 0 Å². The number of nitrogens with zero attached hydrogens (tertiary/aromatic N) is 2. The highest BCUT2D eigenvalue weighted by atomic mass is 32.1. The molecule has 0 aliphatic carbocycles. The van der Waals surface area contributed by atoms with Gasteiger partial charge in [-0.25, -0.2) is 9.97 Å². The zero-order valence-corrected chi connectivity index (χ0v) is 11.6. The van der Waals surface area contributed by atoms with Crippen molar-refractivity contribution < 1.29 is 0 Å². The van der Waals surface area contributed by atoms with Crippen molar-refractivity contribution in [2.75, 3.05) is 5.32 Å². The fourth-order valence-corrected chi connectivity index (χ4v) is 1.56. The van der Waals surface area contributed by atoms with Gasteiger partial charge in [-0.15, -0.1) is 0 Å². The first-order chi connectivity index (χ1) is 7.93. The molecule has 0 saturated heterocycles. The predicted octanol–water partition coefficient (Wildman–Crippen LogP) is 2.27. The summed E-state index contributed by atoms with van der Waals surface area (Å²) in [4.78, 5) is 8.94. The van der Waals surface area contributed by atoms with E-state index in [2.05, 4.69) is 36.1 Å². The van der Waals surface area contributed by atoms with Crippen molar-refractivity contribution in [3.8, 4) is 0 Å². The first-order valence-corrected chi connectivity index (χ1v) is 6.26. The van der Waals surface area contributed by atoms with Crippen LogP contribution in [0.25, 0.3) is 0 Å². The molecule has 1 rings (SSSR count). The lowest BCUT2D eigenvalue weighted by Gasteiger charge is -2.20. The molecular weight excluding hydrogens is 232 g/mol. The second kappa shape index (κ2) is 5.91. The molecule has 0 aliphatic heterocycles. The molecule has 3 N–H and O–H groups in total. The topological polar surface area (TPSA) is 63.8 Å². The fraction of sp³-hybridized carbons (Fsp3) is 0.583. The van der Waals surface area contributed by atoms with Crippen molar-refractivity contribution >= 4 is 23.2 Å². The van der Waals surface area contributed by atoms with E-state index in [0.29, 0.717) is 28.6 Å². The van der Waals surface area contributed by atoms with Crippen LogP contribution in [0.5, 0.6) is 0 Å². The Morgan fingerprint density at radius 3 is 2.65 bits per heavy atom. The molecule has 0 bridgehead atoms. The third-order valence-electron chi connectivity index (χ3n) is 2.96. The molecule has 94 valence electrons. The number of thiocarbonyl (C=S) groups is 1. The minimum atomic E-state index is 0.301. The molecule has 2 atom stereocenters. The Labute approximate surface area is 108 Å². The summed E-state index contributed by atoms with van der Waals surface area (Å²) < 4.78 is 0. The van der Waals surface area contributed by atoms with Crippen molar-refractivity contribution in [3.05, 3.63) is 17.5 Å². The maximum absolute atomic E-state index is 5.58. The number of hydrogen-bond acceptors (Lipinski definition) is 4. The summed E-state index contributed by atoms with van der Waals surface area (Å²) in [5, 5.41) is 3.29. The van der Waals surface area contributed by atoms with Crippen LogP contribution in [0.1, 0.15) is 38.6 Å². The number of nitrogens with two attached hydrogens (primary N) is 1.